The van der Waals surface area contributed by atoms with Crippen LogP contribution in [0.15, 0.2) is 71.7 Å². The second-order valence-corrected chi connectivity index (χ2v) is 11.4. The van der Waals surface area contributed by atoms with Crippen LogP contribution in [0, 0.1) is 0 Å². The van der Waals surface area contributed by atoms with E-state index >= 15 is 0 Å². The van der Waals surface area contributed by atoms with Crippen molar-refractivity contribution in [2.75, 3.05) is 13.1 Å². The van der Waals surface area contributed by atoms with Crippen molar-refractivity contribution in [2.45, 2.75) is 56.8 Å². The van der Waals surface area contributed by atoms with Gasteiger partial charge in [0.15, 0.2) is 5.96 Å². The Morgan fingerprint density at radius 1 is 0.745 bits per heavy atom. The number of rotatable bonds is 8. The van der Waals surface area contributed by atoms with Gasteiger partial charge in [-0.15, -0.1) is 0 Å². The number of benzene rings is 3. The van der Waals surface area contributed by atoms with Crippen LogP contribution in [0.25, 0.3) is 10.8 Å². The number of nitrogens with two attached hydrogens (primary N) is 2. The third-order valence-corrected chi connectivity index (χ3v) is 7.67. The fraction of sp³-hybridized carbons (Fsp3) is 0.333. The van der Waals surface area contributed by atoms with Gasteiger partial charge in [0.05, 0.1) is 6.54 Å². The second kappa shape index (κ2) is 16.1. The molecule has 1 aliphatic rings. The van der Waals surface area contributed by atoms with E-state index in [0.29, 0.717) is 12.0 Å². The smallest absolute Gasteiger partial charge is 0.243 e. The van der Waals surface area contributed by atoms with Crippen LogP contribution in [0.5, 0.6) is 5.75 Å². The van der Waals surface area contributed by atoms with E-state index in [0.717, 1.165) is 16.3 Å². The van der Waals surface area contributed by atoms with E-state index in [1.54, 1.807) is 12.1 Å². The van der Waals surface area contributed by atoms with Crippen molar-refractivity contribution in [3.8, 4) is 5.75 Å². The molecule has 0 spiro atoms. The number of guanidine groups is 1. The maximum Gasteiger partial charge on any atom is 0.243 e. The predicted octanol–water partition coefficient (Wildman–Crippen LogP) is -0.527. The lowest BCUT2D eigenvalue weighted by atomic mass is 10.0. The van der Waals surface area contributed by atoms with Crippen LogP contribution in [0.3, 0.4) is 0 Å². The summed E-state index contributed by atoms with van der Waals surface area (Å²) in [6.45, 7) is 1.17. The number of hydrogen-bond acceptors (Lipinski definition) is 7. The van der Waals surface area contributed by atoms with Crippen LogP contribution in [-0.2, 0) is 36.8 Å². The summed E-state index contributed by atoms with van der Waals surface area (Å²) in [5.74, 6) is -3.31. The highest BCUT2D eigenvalue weighted by Crippen LogP contribution is 2.17. The summed E-state index contributed by atoms with van der Waals surface area (Å²) >= 11 is 0. The first kappa shape index (κ1) is 34.2. The lowest BCUT2D eigenvalue weighted by Gasteiger charge is -2.24. The van der Waals surface area contributed by atoms with Crippen molar-refractivity contribution in [1.29, 1.82) is 0 Å². The number of phenols is 1. The number of phenolic OH excluding ortho intramolecular Hbond substituents is 1. The van der Waals surface area contributed by atoms with Crippen LogP contribution >= 0.6 is 0 Å². The van der Waals surface area contributed by atoms with Gasteiger partial charge in [0, 0.05) is 19.4 Å². The number of hydrogen-bond donors (Lipinski definition) is 8. The summed E-state index contributed by atoms with van der Waals surface area (Å²) < 4.78 is 0. The van der Waals surface area contributed by atoms with Gasteiger partial charge >= 0.3 is 0 Å². The minimum absolute atomic E-state index is 0.0339. The Morgan fingerprint density at radius 3 is 2.09 bits per heavy atom. The molecule has 0 aromatic heterocycles. The van der Waals surface area contributed by atoms with E-state index in [1.165, 1.54) is 19.1 Å². The number of amides is 5. The van der Waals surface area contributed by atoms with Crippen LogP contribution in [0.4, 0.5) is 0 Å². The van der Waals surface area contributed by atoms with Gasteiger partial charge in [0.25, 0.3) is 0 Å². The van der Waals surface area contributed by atoms with Crippen LogP contribution < -0.4 is 38.1 Å². The molecule has 1 saturated heterocycles. The van der Waals surface area contributed by atoms with Gasteiger partial charge in [-0.05, 0) is 53.8 Å². The fourth-order valence-corrected chi connectivity index (χ4v) is 5.14. The molecule has 248 valence electrons. The summed E-state index contributed by atoms with van der Waals surface area (Å²) in [4.78, 5) is 70.6. The molecule has 1 fully saturated rings. The highest BCUT2D eigenvalue weighted by Gasteiger charge is 2.31. The summed E-state index contributed by atoms with van der Waals surface area (Å²) in [6, 6.07) is 15.1. The molecule has 0 bridgehead atoms. The van der Waals surface area contributed by atoms with Crippen LogP contribution in [0.1, 0.15) is 30.9 Å². The molecular weight excluding hydrogens is 604 g/mol. The van der Waals surface area contributed by atoms with Crippen LogP contribution in [0.2, 0.25) is 0 Å². The van der Waals surface area contributed by atoms with E-state index in [1.807, 2.05) is 42.5 Å². The molecule has 1 aliphatic heterocycles. The summed E-state index contributed by atoms with van der Waals surface area (Å²) in [6.07, 6.45) is 0.589. The molecule has 14 heteroatoms. The molecule has 47 heavy (non-hydrogen) atoms. The maximum atomic E-state index is 13.6. The molecule has 3 aromatic carbocycles. The topological polar surface area (TPSA) is 230 Å². The Balaban J connectivity index is 1.61. The van der Waals surface area contributed by atoms with E-state index in [2.05, 4.69) is 31.6 Å². The normalized spacial score (nSPS) is 21.3. The molecule has 0 radical (unpaired) electrons. The summed E-state index contributed by atoms with van der Waals surface area (Å²) in [5, 5.41) is 24.8. The third kappa shape index (κ3) is 10.2. The molecule has 10 N–H and O–H groups in total. The maximum absolute atomic E-state index is 13.6. The lowest BCUT2D eigenvalue weighted by molar-refractivity contribution is -0.133. The molecule has 4 rings (SSSR count). The molecule has 14 nitrogen and oxygen atoms in total. The Labute approximate surface area is 271 Å². The van der Waals surface area contributed by atoms with Crippen molar-refractivity contribution in [2.24, 2.45) is 16.5 Å². The third-order valence-electron chi connectivity index (χ3n) is 7.67. The zero-order valence-electron chi connectivity index (χ0n) is 26.0. The largest absolute Gasteiger partial charge is 0.508 e. The van der Waals surface area contributed by atoms with Gasteiger partial charge < -0.3 is 43.2 Å². The van der Waals surface area contributed by atoms with E-state index in [-0.39, 0.29) is 37.5 Å². The number of aromatic hydroxyl groups is 1. The number of nitrogens with zero attached hydrogens (tertiary/aromatic N) is 1. The van der Waals surface area contributed by atoms with Gasteiger partial charge in [-0.3, -0.25) is 29.0 Å². The first-order chi connectivity index (χ1) is 22.5. The van der Waals surface area contributed by atoms with Gasteiger partial charge in [0.2, 0.25) is 29.5 Å². The monoisotopic (exact) mass is 644 g/mol. The standard InChI is InChI=1S/C33H40N8O6/c1-19-29(44)40-25(7-4-14-36-33(34)35)31(46)41-26(17-21-8-11-22-5-2-3-6-23(22)15-21)30(45)37-18-28(43)39-27(32(47)38-19)16-20-9-12-24(42)13-10-20/h2-3,5-6,8-13,15,19,25-27,42H,4,7,14,16-18H2,1H3,(H,37,45)(H,38,47)(H,39,43)(H,40,44)(H,41,46)(H4,34,35,36)/t19-,25+,26+,27-/m1/s1. The Kier molecular flexibility index (Phi) is 11.7. The number of nitrogens with one attached hydrogen (secondary N) is 5. The number of carbonyl (C=O) groups is 5. The van der Waals surface area contributed by atoms with Crippen LogP contribution in [-0.4, -0.2) is 77.9 Å². The number of fused-ring (bicyclic) bond motifs is 1. The molecule has 4 atom stereocenters. The van der Waals surface area contributed by atoms with Crippen molar-refractivity contribution >= 4 is 46.3 Å². The zero-order valence-corrected chi connectivity index (χ0v) is 26.0. The molecule has 3 aromatic rings. The molecule has 0 unspecified atom stereocenters. The van der Waals surface area contributed by atoms with Gasteiger partial charge in [0.1, 0.15) is 29.9 Å². The van der Waals surface area contributed by atoms with E-state index in [9.17, 15) is 29.1 Å². The quantitative estimate of drug-likeness (QED) is 0.0901. The lowest BCUT2D eigenvalue weighted by Crippen LogP contribution is -2.57. The van der Waals surface area contributed by atoms with Gasteiger partial charge in [-0.2, -0.15) is 0 Å². The Bertz CT molecular complexity index is 1640. The minimum Gasteiger partial charge on any atom is -0.508 e. The first-order valence-electron chi connectivity index (χ1n) is 15.3. The Morgan fingerprint density at radius 2 is 1.36 bits per heavy atom. The number of aliphatic imine (C=N–C) groups is 1. The zero-order chi connectivity index (χ0) is 33.9. The van der Waals surface area contributed by atoms with Gasteiger partial charge in [-0.25, -0.2) is 0 Å². The Hall–Kier alpha value is -5.66. The molecule has 0 saturated carbocycles. The minimum atomic E-state index is -1.12. The average molecular weight is 645 g/mol. The van der Waals surface area contributed by atoms with E-state index in [4.69, 9.17) is 11.5 Å². The number of carbonyl (C=O) groups excluding carboxylic acids is 5. The molecule has 1 heterocycles. The fourth-order valence-electron chi connectivity index (χ4n) is 5.14. The highest BCUT2D eigenvalue weighted by atomic mass is 16.3. The average Bonchev–Trinajstić information content (AvgIpc) is 3.04. The van der Waals surface area contributed by atoms with Crippen molar-refractivity contribution in [1.82, 2.24) is 26.6 Å². The predicted molar refractivity (Wildman–Crippen MR) is 176 cm³/mol. The van der Waals surface area contributed by atoms with E-state index < -0.39 is 60.2 Å². The molecule has 5 amide bonds. The van der Waals surface area contributed by atoms with Crippen molar-refractivity contribution < 1.29 is 29.1 Å². The first-order valence-corrected chi connectivity index (χ1v) is 15.3. The molecule has 0 aliphatic carbocycles. The highest BCUT2D eigenvalue weighted by molar-refractivity contribution is 5.97. The summed E-state index contributed by atoms with van der Waals surface area (Å²) in [5.41, 5.74) is 12.2. The second-order valence-electron chi connectivity index (χ2n) is 11.4. The van der Waals surface area contributed by atoms with Crippen molar-refractivity contribution in [3.05, 3.63) is 77.9 Å². The SMILES string of the molecule is C[C@H]1NC(=O)[C@@H](Cc2ccc(O)cc2)NC(=O)CNC(=O)[C@H](Cc2ccc3ccccc3c2)NC(=O)[C@H](CCCN=C(N)N)NC1=O. The van der Waals surface area contributed by atoms with Gasteiger partial charge in [-0.1, -0.05) is 54.6 Å². The summed E-state index contributed by atoms with van der Waals surface area (Å²) in [7, 11) is 0. The van der Waals surface area contributed by atoms with Crippen molar-refractivity contribution in [3.63, 3.8) is 0 Å². The molecular formula is C33H40N8O6.